The fourth-order valence-corrected chi connectivity index (χ4v) is 1.95. The molecule has 2 rings (SSSR count). The van der Waals surface area contributed by atoms with Crippen molar-refractivity contribution in [1.82, 2.24) is 15.4 Å². The lowest BCUT2D eigenvalue weighted by Crippen LogP contribution is -2.31. The fourth-order valence-electron chi connectivity index (χ4n) is 1.95. The Hall–Kier alpha value is -2.71. The van der Waals surface area contributed by atoms with Gasteiger partial charge in [0, 0.05) is 12.2 Å². The number of hydrazine groups is 1. The number of para-hydroxylation sites is 1. The molecule has 2 aromatic rings. The normalized spacial score (nSPS) is 10.3. The number of nitrogens with zero attached hydrogens (tertiary/aromatic N) is 2. The average Bonchev–Trinajstić information content (AvgIpc) is 2.57. The third-order valence-electron chi connectivity index (χ3n) is 2.96. The zero-order valence-electron chi connectivity index (χ0n) is 12.8. The number of hydrogen-bond acceptors (Lipinski definition) is 7. The first kappa shape index (κ1) is 16.7. The minimum absolute atomic E-state index is 0.0229. The molecule has 122 valence electrons. The topological polar surface area (TPSA) is 125 Å². The van der Waals surface area contributed by atoms with E-state index in [-0.39, 0.29) is 11.6 Å². The van der Waals surface area contributed by atoms with E-state index in [9.17, 15) is 4.79 Å². The number of rotatable bonds is 7. The molecule has 1 aromatic heterocycles. The van der Waals surface area contributed by atoms with Crippen LogP contribution in [0.15, 0.2) is 30.3 Å². The summed E-state index contributed by atoms with van der Waals surface area (Å²) in [4.78, 5) is 19.7. The Bertz CT molecular complexity index is 678. The van der Waals surface area contributed by atoms with E-state index in [1.54, 1.807) is 0 Å². The molecule has 1 amide bonds. The Balaban J connectivity index is 2.31. The van der Waals surface area contributed by atoms with Crippen LogP contribution in [0.5, 0.6) is 5.75 Å². The van der Waals surface area contributed by atoms with Gasteiger partial charge in [-0.1, -0.05) is 12.1 Å². The first-order chi connectivity index (χ1) is 11.2. The monoisotopic (exact) mass is 317 g/mol. The largest absolute Gasteiger partial charge is 0.490 e. The summed E-state index contributed by atoms with van der Waals surface area (Å²) >= 11 is 0. The molecule has 0 spiro atoms. The van der Waals surface area contributed by atoms with Crippen LogP contribution < -0.4 is 21.7 Å². The Morgan fingerprint density at radius 3 is 2.78 bits per heavy atom. The van der Waals surface area contributed by atoms with Crippen molar-refractivity contribution in [1.29, 1.82) is 0 Å². The zero-order valence-corrected chi connectivity index (χ0v) is 12.8. The second-order valence-electron chi connectivity index (χ2n) is 4.51. The van der Waals surface area contributed by atoms with Crippen molar-refractivity contribution in [3.05, 3.63) is 36.0 Å². The number of carbonyl (C=O) groups excluding carboxylic acids is 1. The van der Waals surface area contributed by atoms with Crippen LogP contribution in [0.4, 0.5) is 5.95 Å². The van der Waals surface area contributed by atoms with Crippen molar-refractivity contribution in [3.8, 4) is 17.0 Å². The van der Waals surface area contributed by atoms with Crippen LogP contribution in [-0.2, 0) is 4.74 Å². The molecule has 0 aliphatic carbocycles. The van der Waals surface area contributed by atoms with Crippen molar-refractivity contribution in [2.24, 2.45) is 5.84 Å². The van der Waals surface area contributed by atoms with Gasteiger partial charge in [0.25, 0.3) is 5.91 Å². The molecule has 0 saturated carbocycles. The van der Waals surface area contributed by atoms with Gasteiger partial charge in [0.05, 0.1) is 12.3 Å². The van der Waals surface area contributed by atoms with E-state index in [2.05, 4.69) is 9.97 Å². The maximum atomic E-state index is 11.6. The Morgan fingerprint density at radius 1 is 1.26 bits per heavy atom. The van der Waals surface area contributed by atoms with Crippen LogP contribution in [0, 0.1) is 0 Å². The zero-order chi connectivity index (χ0) is 16.7. The summed E-state index contributed by atoms with van der Waals surface area (Å²) < 4.78 is 11.0. The summed E-state index contributed by atoms with van der Waals surface area (Å²) in [5, 5.41) is 0. The van der Waals surface area contributed by atoms with E-state index in [0.29, 0.717) is 36.8 Å². The van der Waals surface area contributed by atoms with Gasteiger partial charge in [-0.2, -0.15) is 0 Å². The molecule has 8 nitrogen and oxygen atoms in total. The highest BCUT2D eigenvalue weighted by molar-refractivity contribution is 5.93. The highest BCUT2D eigenvalue weighted by Crippen LogP contribution is 2.29. The van der Waals surface area contributed by atoms with Gasteiger partial charge in [0.2, 0.25) is 5.95 Å². The standard InChI is InChI=1S/C15H19N5O3/c1-2-22-7-8-23-13-6-4-3-5-10(13)11-9-12(14(21)20-17)19-15(16)18-11/h3-6,9H,2,7-8,17H2,1H3,(H,20,21)(H2,16,18,19). The Kier molecular flexibility index (Phi) is 5.84. The molecule has 0 bridgehead atoms. The van der Waals surface area contributed by atoms with E-state index in [1.807, 2.05) is 36.6 Å². The summed E-state index contributed by atoms with van der Waals surface area (Å²) in [7, 11) is 0. The lowest BCUT2D eigenvalue weighted by Gasteiger charge is -2.12. The van der Waals surface area contributed by atoms with Gasteiger partial charge < -0.3 is 15.2 Å². The van der Waals surface area contributed by atoms with Crippen LogP contribution in [-0.4, -0.2) is 35.7 Å². The van der Waals surface area contributed by atoms with E-state index >= 15 is 0 Å². The number of benzene rings is 1. The number of amides is 1. The first-order valence-electron chi connectivity index (χ1n) is 7.11. The molecular formula is C15H19N5O3. The van der Waals surface area contributed by atoms with Crippen molar-refractivity contribution in [2.45, 2.75) is 6.92 Å². The number of hydrogen-bond donors (Lipinski definition) is 3. The van der Waals surface area contributed by atoms with Gasteiger partial charge >= 0.3 is 0 Å². The number of aromatic nitrogens is 2. The Labute approximate surface area is 133 Å². The average molecular weight is 317 g/mol. The summed E-state index contributed by atoms with van der Waals surface area (Å²) in [5.41, 5.74) is 8.95. The molecule has 1 aromatic carbocycles. The molecule has 0 atom stereocenters. The number of carbonyl (C=O) groups is 1. The first-order valence-corrected chi connectivity index (χ1v) is 7.11. The maximum absolute atomic E-state index is 11.6. The van der Waals surface area contributed by atoms with Gasteiger partial charge in [-0.3, -0.25) is 10.2 Å². The summed E-state index contributed by atoms with van der Waals surface area (Å²) in [6.45, 7) is 3.44. The summed E-state index contributed by atoms with van der Waals surface area (Å²) in [6, 6.07) is 8.82. The van der Waals surface area contributed by atoms with Crippen LogP contribution >= 0.6 is 0 Å². The molecule has 0 fully saturated rings. The Morgan fingerprint density at radius 2 is 2.04 bits per heavy atom. The van der Waals surface area contributed by atoms with Gasteiger partial charge in [-0.05, 0) is 25.1 Å². The second-order valence-corrected chi connectivity index (χ2v) is 4.51. The second kappa shape index (κ2) is 8.06. The van der Waals surface area contributed by atoms with Crippen molar-refractivity contribution >= 4 is 11.9 Å². The molecular weight excluding hydrogens is 298 g/mol. The van der Waals surface area contributed by atoms with E-state index in [4.69, 9.17) is 21.1 Å². The lowest BCUT2D eigenvalue weighted by molar-refractivity contribution is 0.0948. The fraction of sp³-hybridized carbons (Fsp3) is 0.267. The highest BCUT2D eigenvalue weighted by Gasteiger charge is 2.13. The SMILES string of the molecule is CCOCCOc1ccccc1-c1cc(C(=O)NN)nc(N)n1. The minimum atomic E-state index is -0.546. The molecule has 0 aliphatic rings. The van der Waals surface area contributed by atoms with Gasteiger partial charge in [0.15, 0.2) is 0 Å². The molecule has 23 heavy (non-hydrogen) atoms. The van der Waals surface area contributed by atoms with E-state index in [0.717, 1.165) is 0 Å². The number of nitrogen functional groups attached to an aromatic ring is 2. The highest BCUT2D eigenvalue weighted by atomic mass is 16.5. The minimum Gasteiger partial charge on any atom is -0.490 e. The molecule has 0 unspecified atom stereocenters. The smallest absolute Gasteiger partial charge is 0.283 e. The van der Waals surface area contributed by atoms with E-state index < -0.39 is 5.91 Å². The predicted molar refractivity (Wildman–Crippen MR) is 85.5 cm³/mol. The number of nitrogens with two attached hydrogens (primary N) is 2. The maximum Gasteiger partial charge on any atom is 0.283 e. The molecule has 5 N–H and O–H groups in total. The summed E-state index contributed by atoms with van der Waals surface area (Å²) in [5.74, 6) is 5.17. The molecule has 0 saturated heterocycles. The van der Waals surface area contributed by atoms with Gasteiger partial charge in [0.1, 0.15) is 18.1 Å². The van der Waals surface area contributed by atoms with Crippen molar-refractivity contribution in [3.63, 3.8) is 0 Å². The lowest BCUT2D eigenvalue weighted by atomic mass is 10.1. The molecule has 0 aliphatic heterocycles. The molecule has 0 radical (unpaired) electrons. The number of ether oxygens (including phenoxy) is 2. The van der Waals surface area contributed by atoms with Crippen molar-refractivity contribution in [2.75, 3.05) is 25.6 Å². The van der Waals surface area contributed by atoms with Crippen LogP contribution in [0.2, 0.25) is 0 Å². The van der Waals surface area contributed by atoms with Gasteiger partial charge in [-0.25, -0.2) is 15.8 Å². The third kappa shape index (κ3) is 4.38. The summed E-state index contributed by atoms with van der Waals surface area (Å²) in [6.07, 6.45) is 0. The van der Waals surface area contributed by atoms with Crippen molar-refractivity contribution < 1.29 is 14.3 Å². The molecule has 1 heterocycles. The van der Waals surface area contributed by atoms with Crippen LogP contribution in [0.1, 0.15) is 17.4 Å². The van der Waals surface area contributed by atoms with Gasteiger partial charge in [-0.15, -0.1) is 0 Å². The van der Waals surface area contributed by atoms with E-state index in [1.165, 1.54) is 6.07 Å². The van der Waals surface area contributed by atoms with Crippen LogP contribution in [0.3, 0.4) is 0 Å². The predicted octanol–water partition coefficient (Wildman–Crippen LogP) is 0.745. The quantitative estimate of drug-likeness (QED) is 0.298. The number of anilines is 1. The third-order valence-corrected chi connectivity index (χ3v) is 2.96. The number of nitrogens with one attached hydrogen (secondary N) is 1. The molecule has 8 heteroatoms. The van der Waals surface area contributed by atoms with Crippen LogP contribution in [0.25, 0.3) is 11.3 Å².